The molecule has 1 fully saturated rings. The molecule has 0 aliphatic carbocycles. The normalized spacial score (nSPS) is 14.9. The highest BCUT2D eigenvalue weighted by Gasteiger charge is 2.28. The number of carbonyl (C=O) groups excluding carboxylic acids is 2. The zero-order valence-corrected chi connectivity index (χ0v) is 17.4. The number of carbonyl (C=O) groups is 2. The molecule has 0 saturated carbocycles. The largest absolute Gasteiger partial charge is 0.382 e. The SMILES string of the molecule is CCOCCCN(C(=O)Nc1ccc(Cl)c(Cl)c1)C1CCN(C(C)=O)CC1. The second kappa shape index (κ2) is 10.7. The van der Waals surface area contributed by atoms with Gasteiger partial charge in [0.1, 0.15) is 0 Å². The predicted octanol–water partition coefficient (Wildman–Crippen LogP) is 4.26. The Labute approximate surface area is 170 Å². The number of nitrogens with one attached hydrogen (secondary N) is 1. The van der Waals surface area contributed by atoms with Crippen LogP contribution in [0.1, 0.15) is 33.1 Å². The number of hydrogen-bond acceptors (Lipinski definition) is 3. The van der Waals surface area contributed by atoms with Gasteiger partial charge in [-0.3, -0.25) is 4.79 Å². The molecule has 0 unspecified atom stereocenters. The molecule has 0 bridgehead atoms. The number of halogens is 2. The van der Waals surface area contributed by atoms with Gasteiger partial charge < -0.3 is 19.9 Å². The molecule has 2 rings (SSSR count). The van der Waals surface area contributed by atoms with Gasteiger partial charge in [0.2, 0.25) is 5.91 Å². The van der Waals surface area contributed by atoms with Crippen LogP contribution in [0.25, 0.3) is 0 Å². The van der Waals surface area contributed by atoms with Gasteiger partial charge in [-0.25, -0.2) is 4.79 Å². The summed E-state index contributed by atoms with van der Waals surface area (Å²) < 4.78 is 5.40. The first-order valence-corrected chi connectivity index (χ1v) is 10.0. The lowest BCUT2D eigenvalue weighted by atomic mass is 10.0. The number of urea groups is 1. The third-order valence-corrected chi connectivity index (χ3v) is 5.41. The maximum absolute atomic E-state index is 12.9. The highest BCUT2D eigenvalue weighted by Crippen LogP contribution is 2.26. The summed E-state index contributed by atoms with van der Waals surface area (Å²) in [6.07, 6.45) is 2.29. The molecule has 0 radical (unpaired) electrons. The van der Waals surface area contributed by atoms with Gasteiger partial charge in [0, 0.05) is 51.5 Å². The van der Waals surface area contributed by atoms with Crippen molar-refractivity contribution in [2.75, 3.05) is 38.2 Å². The summed E-state index contributed by atoms with van der Waals surface area (Å²) in [7, 11) is 0. The highest BCUT2D eigenvalue weighted by atomic mass is 35.5. The molecule has 0 aromatic heterocycles. The Morgan fingerprint density at radius 1 is 1.26 bits per heavy atom. The number of hydrogen-bond donors (Lipinski definition) is 1. The standard InChI is InChI=1S/C19H27Cl2N3O3/c1-3-27-12-4-9-24(16-7-10-23(11-8-16)14(2)25)19(26)22-15-5-6-17(20)18(21)13-15/h5-6,13,16H,3-4,7-12H2,1-2H3,(H,22,26). The van der Waals surface area contributed by atoms with E-state index < -0.39 is 0 Å². The lowest BCUT2D eigenvalue weighted by molar-refractivity contribution is -0.130. The first-order valence-electron chi connectivity index (χ1n) is 9.28. The summed E-state index contributed by atoms with van der Waals surface area (Å²) in [6, 6.07) is 4.93. The highest BCUT2D eigenvalue weighted by molar-refractivity contribution is 6.42. The molecule has 150 valence electrons. The zero-order chi connectivity index (χ0) is 19.8. The van der Waals surface area contributed by atoms with Gasteiger partial charge >= 0.3 is 6.03 Å². The van der Waals surface area contributed by atoms with Crippen molar-refractivity contribution >= 4 is 40.8 Å². The molecular formula is C19H27Cl2N3O3. The Morgan fingerprint density at radius 2 is 1.96 bits per heavy atom. The van der Waals surface area contributed by atoms with Gasteiger partial charge in [0.05, 0.1) is 10.0 Å². The van der Waals surface area contributed by atoms with Crippen molar-refractivity contribution in [3.8, 4) is 0 Å². The molecular weight excluding hydrogens is 389 g/mol. The Bertz CT molecular complexity index is 649. The molecule has 1 aliphatic heterocycles. The van der Waals surface area contributed by atoms with Crippen molar-refractivity contribution < 1.29 is 14.3 Å². The Kier molecular flexibility index (Phi) is 8.67. The van der Waals surface area contributed by atoms with Crippen LogP contribution in [-0.2, 0) is 9.53 Å². The van der Waals surface area contributed by atoms with Crippen LogP contribution in [0, 0.1) is 0 Å². The number of anilines is 1. The van der Waals surface area contributed by atoms with Crippen LogP contribution < -0.4 is 5.32 Å². The van der Waals surface area contributed by atoms with Crippen molar-refractivity contribution in [2.45, 2.75) is 39.2 Å². The zero-order valence-electron chi connectivity index (χ0n) is 15.8. The molecule has 8 heteroatoms. The van der Waals surface area contributed by atoms with Crippen LogP contribution in [0.3, 0.4) is 0 Å². The van der Waals surface area contributed by atoms with E-state index in [1.165, 1.54) is 0 Å². The summed E-state index contributed by atoms with van der Waals surface area (Å²) >= 11 is 12.0. The molecule has 1 saturated heterocycles. The minimum absolute atomic E-state index is 0.0802. The van der Waals surface area contributed by atoms with E-state index in [0.29, 0.717) is 48.6 Å². The van der Waals surface area contributed by atoms with Crippen LogP contribution in [0.15, 0.2) is 18.2 Å². The topological polar surface area (TPSA) is 61.9 Å². The monoisotopic (exact) mass is 415 g/mol. The molecule has 27 heavy (non-hydrogen) atoms. The van der Waals surface area contributed by atoms with Crippen LogP contribution in [0.5, 0.6) is 0 Å². The first-order chi connectivity index (χ1) is 12.9. The van der Waals surface area contributed by atoms with Crippen molar-refractivity contribution in [2.24, 2.45) is 0 Å². The fourth-order valence-corrected chi connectivity index (χ4v) is 3.49. The molecule has 1 heterocycles. The van der Waals surface area contributed by atoms with E-state index in [1.54, 1.807) is 25.1 Å². The summed E-state index contributed by atoms with van der Waals surface area (Å²) in [4.78, 5) is 28.1. The van der Waals surface area contributed by atoms with Gasteiger partial charge in [-0.15, -0.1) is 0 Å². The lowest BCUT2D eigenvalue weighted by Crippen LogP contribution is -2.50. The summed E-state index contributed by atoms with van der Waals surface area (Å²) in [5.74, 6) is 0.0802. The van der Waals surface area contributed by atoms with E-state index in [2.05, 4.69) is 5.32 Å². The van der Waals surface area contributed by atoms with Crippen LogP contribution in [0.4, 0.5) is 10.5 Å². The number of likely N-dealkylation sites (tertiary alicyclic amines) is 1. The van der Waals surface area contributed by atoms with Crippen LogP contribution >= 0.6 is 23.2 Å². The average molecular weight is 416 g/mol. The quantitative estimate of drug-likeness (QED) is 0.676. The molecule has 3 amide bonds. The average Bonchev–Trinajstić information content (AvgIpc) is 2.65. The van der Waals surface area contributed by atoms with E-state index in [1.807, 2.05) is 16.7 Å². The Balaban J connectivity index is 2.02. The molecule has 1 N–H and O–H groups in total. The molecule has 1 aromatic carbocycles. The third kappa shape index (κ3) is 6.55. The van der Waals surface area contributed by atoms with E-state index in [-0.39, 0.29) is 18.0 Å². The molecule has 0 atom stereocenters. The van der Waals surface area contributed by atoms with Crippen molar-refractivity contribution in [3.63, 3.8) is 0 Å². The number of amides is 3. The van der Waals surface area contributed by atoms with Gasteiger partial charge in [0.25, 0.3) is 0 Å². The maximum Gasteiger partial charge on any atom is 0.322 e. The van der Waals surface area contributed by atoms with Crippen LogP contribution in [0.2, 0.25) is 10.0 Å². The van der Waals surface area contributed by atoms with E-state index >= 15 is 0 Å². The van der Waals surface area contributed by atoms with Crippen molar-refractivity contribution in [3.05, 3.63) is 28.2 Å². The van der Waals surface area contributed by atoms with Gasteiger partial charge in [-0.1, -0.05) is 23.2 Å². The summed E-state index contributed by atoms with van der Waals surface area (Å²) in [5.41, 5.74) is 0.602. The van der Waals surface area contributed by atoms with E-state index in [0.717, 1.165) is 19.3 Å². The number of piperidine rings is 1. The Hall–Kier alpha value is -1.50. The fourth-order valence-electron chi connectivity index (χ4n) is 3.19. The predicted molar refractivity (Wildman–Crippen MR) is 109 cm³/mol. The minimum atomic E-state index is -0.175. The van der Waals surface area contributed by atoms with Gasteiger partial charge in [-0.2, -0.15) is 0 Å². The summed E-state index contributed by atoms with van der Waals surface area (Å²) in [5, 5.41) is 3.74. The second-order valence-electron chi connectivity index (χ2n) is 6.54. The number of benzene rings is 1. The van der Waals surface area contributed by atoms with E-state index in [9.17, 15) is 9.59 Å². The van der Waals surface area contributed by atoms with Crippen molar-refractivity contribution in [1.29, 1.82) is 0 Å². The smallest absolute Gasteiger partial charge is 0.322 e. The summed E-state index contributed by atoms with van der Waals surface area (Å²) in [6.45, 7) is 6.73. The second-order valence-corrected chi connectivity index (χ2v) is 7.35. The van der Waals surface area contributed by atoms with E-state index in [4.69, 9.17) is 27.9 Å². The molecule has 6 nitrogen and oxygen atoms in total. The maximum atomic E-state index is 12.9. The Morgan fingerprint density at radius 3 is 2.56 bits per heavy atom. The number of rotatable bonds is 7. The lowest BCUT2D eigenvalue weighted by Gasteiger charge is -2.38. The van der Waals surface area contributed by atoms with Gasteiger partial charge in [-0.05, 0) is 44.4 Å². The third-order valence-electron chi connectivity index (χ3n) is 4.67. The van der Waals surface area contributed by atoms with Gasteiger partial charge in [0.15, 0.2) is 0 Å². The minimum Gasteiger partial charge on any atom is -0.382 e. The number of ether oxygens (including phenoxy) is 1. The molecule has 1 aliphatic rings. The number of nitrogens with zero attached hydrogens (tertiary/aromatic N) is 2. The van der Waals surface area contributed by atoms with Crippen LogP contribution in [-0.4, -0.2) is 60.6 Å². The fraction of sp³-hybridized carbons (Fsp3) is 0.579. The molecule has 1 aromatic rings. The first kappa shape index (κ1) is 21.8. The molecule has 0 spiro atoms. The van der Waals surface area contributed by atoms with Crippen molar-refractivity contribution in [1.82, 2.24) is 9.80 Å².